The summed E-state index contributed by atoms with van der Waals surface area (Å²) in [6.45, 7) is 0. The molecule has 0 unspecified atom stereocenters. The lowest BCUT2D eigenvalue weighted by molar-refractivity contribution is -0.131. The number of hydrogen-bond acceptors (Lipinski definition) is 2. The number of aromatic nitrogens is 1. The van der Waals surface area contributed by atoms with Gasteiger partial charge in [-0.25, -0.2) is 9.78 Å². The van der Waals surface area contributed by atoms with Crippen LogP contribution in [0.5, 0.6) is 0 Å². The molecule has 1 rings (SSSR count). The van der Waals surface area contributed by atoms with Gasteiger partial charge in [0.15, 0.2) is 0 Å². The Labute approximate surface area is 84.6 Å². The van der Waals surface area contributed by atoms with E-state index in [1.165, 1.54) is 18.3 Å². The van der Waals surface area contributed by atoms with Crippen molar-refractivity contribution in [3.63, 3.8) is 0 Å². The molecule has 0 bridgehead atoms. The van der Waals surface area contributed by atoms with Crippen LogP contribution in [-0.2, 0) is 4.79 Å². The summed E-state index contributed by atoms with van der Waals surface area (Å²) >= 11 is 11.4. The first-order chi connectivity index (χ1) is 6.11. The van der Waals surface area contributed by atoms with Gasteiger partial charge in [0.1, 0.15) is 5.15 Å². The zero-order valence-corrected chi connectivity index (χ0v) is 7.88. The number of nitrogens with zero attached hydrogens (tertiary/aromatic N) is 1. The van der Waals surface area contributed by atoms with E-state index < -0.39 is 5.97 Å². The van der Waals surface area contributed by atoms with Crippen molar-refractivity contribution in [2.45, 2.75) is 0 Å². The number of hydrogen-bond donors (Lipinski definition) is 1. The molecule has 1 aromatic heterocycles. The van der Waals surface area contributed by atoms with Crippen LogP contribution in [0.25, 0.3) is 6.08 Å². The van der Waals surface area contributed by atoms with Crippen LogP contribution in [0.15, 0.2) is 18.3 Å². The van der Waals surface area contributed by atoms with Crippen molar-refractivity contribution < 1.29 is 9.90 Å². The van der Waals surface area contributed by atoms with Crippen molar-refractivity contribution in [2.24, 2.45) is 0 Å². The van der Waals surface area contributed by atoms with E-state index in [1.54, 1.807) is 0 Å². The molecule has 13 heavy (non-hydrogen) atoms. The Morgan fingerprint density at radius 1 is 1.54 bits per heavy atom. The molecule has 68 valence electrons. The van der Waals surface area contributed by atoms with Crippen LogP contribution in [0, 0.1) is 0 Å². The molecule has 0 aromatic carbocycles. The largest absolute Gasteiger partial charge is 0.478 e. The Hall–Kier alpha value is -1.06. The van der Waals surface area contributed by atoms with Crippen molar-refractivity contribution >= 4 is 35.2 Å². The molecule has 5 heteroatoms. The zero-order valence-electron chi connectivity index (χ0n) is 6.37. The average Bonchev–Trinajstić information content (AvgIpc) is 2.03. The van der Waals surface area contributed by atoms with Crippen LogP contribution >= 0.6 is 23.2 Å². The minimum Gasteiger partial charge on any atom is -0.478 e. The van der Waals surface area contributed by atoms with Crippen molar-refractivity contribution in [2.75, 3.05) is 0 Å². The molecule has 1 heterocycles. The standard InChI is InChI=1S/C8H5Cl2NO2/c9-6-3-4-11-8(10)5(6)1-2-7(12)13/h1-4H,(H,12,13). The summed E-state index contributed by atoms with van der Waals surface area (Å²) in [5.41, 5.74) is 0.410. The number of carbonyl (C=O) groups is 1. The van der Waals surface area contributed by atoms with Gasteiger partial charge in [0.2, 0.25) is 0 Å². The van der Waals surface area contributed by atoms with E-state index in [1.807, 2.05) is 0 Å². The number of rotatable bonds is 2. The first-order valence-corrected chi connectivity index (χ1v) is 4.08. The van der Waals surface area contributed by atoms with Gasteiger partial charge in [0, 0.05) is 17.8 Å². The molecule has 0 amide bonds. The third-order valence-corrected chi connectivity index (χ3v) is 1.91. The molecule has 1 aromatic rings. The number of pyridine rings is 1. The molecule has 0 aliphatic rings. The minimum absolute atomic E-state index is 0.185. The molecule has 1 N–H and O–H groups in total. The van der Waals surface area contributed by atoms with Crippen LogP contribution in [0.2, 0.25) is 10.2 Å². The van der Waals surface area contributed by atoms with Gasteiger partial charge in [-0.05, 0) is 12.1 Å². The van der Waals surface area contributed by atoms with E-state index in [0.29, 0.717) is 10.6 Å². The Bertz CT molecular complexity index is 343. The van der Waals surface area contributed by atoms with E-state index in [-0.39, 0.29) is 5.15 Å². The quantitative estimate of drug-likeness (QED) is 0.612. The predicted molar refractivity (Wildman–Crippen MR) is 50.9 cm³/mol. The Kier molecular flexibility index (Phi) is 3.28. The lowest BCUT2D eigenvalue weighted by atomic mass is 10.2. The fourth-order valence-corrected chi connectivity index (χ4v) is 1.21. The first-order valence-electron chi connectivity index (χ1n) is 3.32. The van der Waals surface area contributed by atoms with Gasteiger partial charge in [-0.2, -0.15) is 0 Å². The summed E-state index contributed by atoms with van der Waals surface area (Å²) < 4.78 is 0. The van der Waals surface area contributed by atoms with Gasteiger partial charge in [0.05, 0.1) is 5.02 Å². The molecule has 0 saturated carbocycles. The van der Waals surface area contributed by atoms with Crippen LogP contribution in [0.3, 0.4) is 0 Å². The number of carboxylic acid groups (broad SMARTS) is 1. The zero-order chi connectivity index (χ0) is 9.84. The Morgan fingerprint density at radius 3 is 2.77 bits per heavy atom. The summed E-state index contributed by atoms with van der Waals surface area (Å²) in [6.07, 6.45) is 3.71. The van der Waals surface area contributed by atoms with Crippen molar-refractivity contribution in [3.8, 4) is 0 Å². The van der Waals surface area contributed by atoms with Crippen LogP contribution < -0.4 is 0 Å². The van der Waals surface area contributed by atoms with Gasteiger partial charge >= 0.3 is 5.97 Å². The molecular weight excluding hydrogens is 213 g/mol. The van der Waals surface area contributed by atoms with E-state index >= 15 is 0 Å². The highest BCUT2D eigenvalue weighted by molar-refractivity contribution is 6.36. The lowest BCUT2D eigenvalue weighted by Crippen LogP contribution is -1.87. The maximum atomic E-state index is 10.2. The fraction of sp³-hybridized carbons (Fsp3) is 0. The highest BCUT2D eigenvalue weighted by Crippen LogP contribution is 2.22. The summed E-state index contributed by atoms with van der Waals surface area (Å²) in [6, 6.07) is 1.54. The van der Waals surface area contributed by atoms with E-state index in [2.05, 4.69) is 4.98 Å². The van der Waals surface area contributed by atoms with Crippen molar-refractivity contribution in [3.05, 3.63) is 34.1 Å². The average molecular weight is 218 g/mol. The molecule has 0 spiro atoms. The Morgan fingerprint density at radius 2 is 2.23 bits per heavy atom. The summed E-state index contributed by atoms with van der Waals surface area (Å²) in [4.78, 5) is 14.0. The van der Waals surface area contributed by atoms with Crippen LogP contribution in [0.4, 0.5) is 0 Å². The second-order valence-electron chi connectivity index (χ2n) is 2.17. The highest BCUT2D eigenvalue weighted by Gasteiger charge is 2.02. The number of carboxylic acids is 1. The fourth-order valence-electron chi connectivity index (χ4n) is 0.729. The summed E-state index contributed by atoms with van der Waals surface area (Å²) in [7, 11) is 0. The predicted octanol–water partition coefficient (Wildman–Crippen LogP) is 2.49. The van der Waals surface area contributed by atoms with Crippen molar-refractivity contribution in [1.29, 1.82) is 0 Å². The molecule has 3 nitrogen and oxygen atoms in total. The molecule has 0 fully saturated rings. The molecule has 0 aliphatic heterocycles. The molecular formula is C8H5Cl2NO2. The van der Waals surface area contributed by atoms with Gasteiger partial charge in [-0.15, -0.1) is 0 Å². The van der Waals surface area contributed by atoms with Gasteiger partial charge in [-0.1, -0.05) is 23.2 Å². The molecule has 0 aliphatic carbocycles. The maximum Gasteiger partial charge on any atom is 0.328 e. The minimum atomic E-state index is -1.06. The molecule has 0 saturated heterocycles. The number of halogens is 2. The molecule has 0 radical (unpaired) electrons. The summed E-state index contributed by atoms with van der Waals surface area (Å²) in [5.74, 6) is -1.06. The van der Waals surface area contributed by atoms with E-state index in [0.717, 1.165) is 6.08 Å². The SMILES string of the molecule is O=C(O)C=Cc1c(Cl)ccnc1Cl. The topological polar surface area (TPSA) is 50.2 Å². The van der Waals surface area contributed by atoms with Gasteiger partial charge in [0.25, 0.3) is 0 Å². The van der Waals surface area contributed by atoms with Gasteiger partial charge in [-0.3, -0.25) is 0 Å². The normalized spacial score (nSPS) is 10.6. The monoisotopic (exact) mass is 217 g/mol. The highest BCUT2D eigenvalue weighted by atomic mass is 35.5. The van der Waals surface area contributed by atoms with Crippen LogP contribution in [0.1, 0.15) is 5.56 Å². The van der Waals surface area contributed by atoms with Crippen LogP contribution in [-0.4, -0.2) is 16.1 Å². The lowest BCUT2D eigenvalue weighted by Gasteiger charge is -1.98. The third kappa shape index (κ3) is 2.72. The summed E-state index contributed by atoms with van der Waals surface area (Å²) in [5, 5.41) is 8.92. The van der Waals surface area contributed by atoms with E-state index in [9.17, 15) is 4.79 Å². The second-order valence-corrected chi connectivity index (χ2v) is 2.93. The second kappa shape index (κ2) is 4.25. The molecule has 0 atom stereocenters. The number of aliphatic carboxylic acids is 1. The smallest absolute Gasteiger partial charge is 0.328 e. The third-order valence-electron chi connectivity index (χ3n) is 1.28. The van der Waals surface area contributed by atoms with Crippen molar-refractivity contribution in [1.82, 2.24) is 4.98 Å². The maximum absolute atomic E-state index is 10.2. The van der Waals surface area contributed by atoms with E-state index in [4.69, 9.17) is 28.3 Å². The van der Waals surface area contributed by atoms with Gasteiger partial charge < -0.3 is 5.11 Å². The Balaban J connectivity index is 3.06. The first kappa shape index (κ1) is 10.0.